The molecule has 2 aromatic carbocycles. The molecule has 142 valence electrons. The Morgan fingerprint density at radius 1 is 1.07 bits per heavy atom. The van der Waals surface area contributed by atoms with Gasteiger partial charge < -0.3 is 14.1 Å². The average molecular weight is 383 g/mol. The number of nitrogens with zero attached hydrogens (tertiary/aromatic N) is 2. The van der Waals surface area contributed by atoms with Crippen molar-refractivity contribution in [2.45, 2.75) is 13.8 Å². The maximum Gasteiger partial charge on any atom is 0.313 e. The van der Waals surface area contributed by atoms with Crippen LogP contribution in [0.3, 0.4) is 0 Å². The third-order valence-corrected chi connectivity index (χ3v) is 8.32. The van der Waals surface area contributed by atoms with Gasteiger partial charge in [-0.05, 0) is 38.1 Å². The smallest absolute Gasteiger partial charge is 0.313 e. The van der Waals surface area contributed by atoms with E-state index in [0.29, 0.717) is 25.0 Å². The molecule has 1 N–H and O–H groups in total. The fraction of sp³-hybridized carbons (Fsp3) is 0.286. The lowest BCUT2D eigenvalue weighted by molar-refractivity contribution is -0.145. The highest BCUT2D eigenvalue weighted by Crippen LogP contribution is 2.67. The number of carbonyl (C=O) groups is 1. The summed E-state index contributed by atoms with van der Waals surface area (Å²) in [7, 11) is -2.79. The minimum atomic E-state index is -2.79. The largest absolute Gasteiger partial charge is 0.466 e. The molecule has 0 amide bonds. The first kappa shape index (κ1) is 19.2. The Labute approximate surface area is 161 Å². The fourth-order valence-electron chi connectivity index (χ4n) is 3.39. The first-order chi connectivity index (χ1) is 13.0. The van der Waals surface area contributed by atoms with Crippen LogP contribution in [0.4, 0.5) is 11.4 Å². The Kier molecular flexibility index (Phi) is 5.71. The number of hydrogen-bond acceptors (Lipinski definition) is 3. The predicted octanol–water partition coefficient (Wildman–Crippen LogP) is 5.34. The molecule has 3 rings (SSSR count). The van der Waals surface area contributed by atoms with Gasteiger partial charge in [0.25, 0.3) is 0 Å². The van der Waals surface area contributed by atoms with Crippen LogP contribution in [-0.4, -0.2) is 25.7 Å². The van der Waals surface area contributed by atoms with E-state index in [4.69, 9.17) is 4.74 Å². The van der Waals surface area contributed by atoms with Crippen LogP contribution in [0.25, 0.3) is 0 Å². The standard InChI is InChI=1S/C21H26N3O2P/c1-4-26-21(25)17(2)18(3)27(22)23(19-11-7-5-8-12-19)15-16-24(27)20-13-9-6-10-14-20/h5-14,17,22H,3-4,15-16H2,1-2H3. The number of para-hydroxylation sites is 2. The minimum Gasteiger partial charge on any atom is -0.466 e. The van der Waals surface area contributed by atoms with Gasteiger partial charge in [-0.1, -0.05) is 43.0 Å². The lowest BCUT2D eigenvalue weighted by Crippen LogP contribution is -2.25. The van der Waals surface area contributed by atoms with Gasteiger partial charge in [-0.2, -0.15) is 0 Å². The monoisotopic (exact) mass is 383 g/mol. The van der Waals surface area contributed by atoms with Crippen molar-refractivity contribution in [3.8, 4) is 0 Å². The second-order valence-electron chi connectivity index (χ2n) is 6.48. The second kappa shape index (κ2) is 8.01. The summed E-state index contributed by atoms with van der Waals surface area (Å²) in [6.45, 7) is 9.58. The molecule has 0 radical (unpaired) electrons. The maximum atomic E-state index is 12.4. The molecule has 2 aromatic rings. The minimum absolute atomic E-state index is 0.318. The number of benzene rings is 2. The molecule has 0 saturated carbocycles. The zero-order valence-corrected chi connectivity index (χ0v) is 16.7. The molecule has 1 fully saturated rings. The summed E-state index contributed by atoms with van der Waals surface area (Å²) < 4.78 is 9.43. The van der Waals surface area contributed by atoms with Crippen molar-refractivity contribution in [2.24, 2.45) is 5.92 Å². The summed E-state index contributed by atoms with van der Waals surface area (Å²) in [6.07, 6.45) is 0. The number of anilines is 2. The molecule has 5 nitrogen and oxygen atoms in total. The van der Waals surface area contributed by atoms with Gasteiger partial charge in [-0.15, -0.1) is 0 Å². The Morgan fingerprint density at radius 3 is 1.93 bits per heavy atom. The number of carbonyl (C=O) groups excluding carboxylic acids is 1. The highest BCUT2D eigenvalue weighted by Gasteiger charge is 2.44. The quantitative estimate of drug-likeness (QED) is 0.541. The van der Waals surface area contributed by atoms with E-state index in [9.17, 15) is 9.96 Å². The summed E-state index contributed by atoms with van der Waals surface area (Å²) in [6, 6.07) is 19.9. The molecular formula is C21H26N3O2P. The van der Waals surface area contributed by atoms with Crippen molar-refractivity contribution in [3.63, 3.8) is 0 Å². The first-order valence-electron chi connectivity index (χ1n) is 9.16. The molecule has 1 atom stereocenters. The summed E-state index contributed by atoms with van der Waals surface area (Å²) >= 11 is 0. The van der Waals surface area contributed by atoms with Gasteiger partial charge in [0, 0.05) is 29.8 Å². The van der Waals surface area contributed by atoms with E-state index in [1.54, 1.807) is 13.8 Å². The molecule has 6 heteroatoms. The highest BCUT2D eigenvalue weighted by molar-refractivity contribution is 7.72. The van der Waals surface area contributed by atoms with Crippen molar-refractivity contribution < 1.29 is 9.53 Å². The third-order valence-electron chi connectivity index (χ3n) is 4.87. The van der Waals surface area contributed by atoms with Crippen LogP contribution < -0.4 is 9.34 Å². The zero-order chi connectivity index (χ0) is 19.4. The molecule has 1 heterocycles. The van der Waals surface area contributed by atoms with Crippen LogP contribution in [0, 0.1) is 11.1 Å². The summed E-state index contributed by atoms with van der Waals surface area (Å²) in [5.41, 5.74) is 1.97. The van der Waals surface area contributed by atoms with Crippen LogP contribution in [0.15, 0.2) is 72.6 Å². The van der Waals surface area contributed by atoms with Gasteiger partial charge in [-0.3, -0.25) is 9.96 Å². The molecule has 1 aliphatic rings. The summed E-state index contributed by atoms with van der Waals surface area (Å²) in [4.78, 5) is 12.4. The fourth-order valence-corrected chi connectivity index (χ4v) is 6.60. The van der Waals surface area contributed by atoms with Crippen molar-refractivity contribution >= 4 is 24.7 Å². The number of hydrogen-bond donors (Lipinski definition) is 1. The lowest BCUT2D eigenvalue weighted by atomic mass is 10.2. The number of nitrogens with one attached hydrogen (secondary N) is 1. The van der Waals surface area contributed by atoms with Gasteiger partial charge in [0.2, 0.25) is 0 Å². The first-order valence-corrected chi connectivity index (χ1v) is 10.9. The van der Waals surface area contributed by atoms with Crippen molar-refractivity contribution in [3.05, 3.63) is 72.6 Å². The third kappa shape index (κ3) is 3.52. The maximum absolute atomic E-state index is 12.4. The van der Waals surface area contributed by atoms with Gasteiger partial charge in [-0.25, -0.2) is 0 Å². The average Bonchev–Trinajstić information content (AvgIpc) is 3.06. The second-order valence-corrected chi connectivity index (χ2v) is 9.23. The number of ether oxygens (including phenoxy) is 1. The van der Waals surface area contributed by atoms with Gasteiger partial charge >= 0.3 is 5.97 Å². The molecule has 27 heavy (non-hydrogen) atoms. The van der Waals surface area contributed by atoms with Gasteiger partial charge in [0.05, 0.1) is 12.5 Å². The molecule has 0 aromatic heterocycles. The highest BCUT2D eigenvalue weighted by atomic mass is 31.2. The molecule has 0 bridgehead atoms. The van der Waals surface area contributed by atoms with Crippen LogP contribution >= 0.6 is 7.36 Å². The van der Waals surface area contributed by atoms with Crippen LogP contribution in [0.1, 0.15) is 13.8 Å². The number of esters is 1. The number of rotatable bonds is 6. The predicted molar refractivity (Wildman–Crippen MR) is 112 cm³/mol. The van der Waals surface area contributed by atoms with Crippen LogP contribution in [0.2, 0.25) is 0 Å². The topological polar surface area (TPSA) is 56.6 Å². The van der Waals surface area contributed by atoms with E-state index in [-0.39, 0.29) is 5.97 Å². The van der Waals surface area contributed by atoms with Crippen molar-refractivity contribution in [2.75, 3.05) is 29.0 Å². The van der Waals surface area contributed by atoms with E-state index in [1.807, 2.05) is 60.7 Å². The molecular weight excluding hydrogens is 357 g/mol. The SMILES string of the molecule is C=C(C(C)C(=O)OCC)P1(=N)N(c2ccccc2)CCN1c1ccccc1. The van der Waals surface area contributed by atoms with Crippen LogP contribution in [-0.2, 0) is 9.53 Å². The van der Waals surface area contributed by atoms with Crippen LogP contribution in [0.5, 0.6) is 0 Å². The van der Waals surface area contributed by atoms with E-state index in [0.717, 1.165) is 11.4 Å². The van der Waals surface area contributed by atoms with E-state index < -0.39 is 13.3 Å². The van der Waals surface area contributed by atoms with Crippen molar-refractivity contribution in [1.82, 2.24) is 0 Å². The molecule has 1 aliphatic heterocycles. The van der Waals surface area contributed by atoms with Gasteiger partial charge in [0.15, 0.2) is 7.36 Å². The van der Waals surface area contributed by atoms with E-state index in [1.165, 1.54) is 0 Å². The normalized spacial score (nSPS) is 16.8. The van der Waals surface area contributed by atoms with Crippen molar-refractivity contribution in [1.29, 1.82) is 5.16 Å². The Bertz CT molecular complexity index is 803. The van der Waals surface area contributed by atoms with E-state index in [2.05, 4.69) is 15.9 Å². The Morgan fingerprint density at radius 2 is 1.52 bits per heavy atom. The van der Waals surface area contributed by atoms with E-state index >= 15 is 0 Å². The summed E-state index contributed by atoms with van der Waals surface area (Å²) in [5, 5.41) is 10.2. The molecule has 0 spiro atoms. The lowest BCUT2D eigenvalue weighted by Gasteiger charge is -2.39. The summed E-state index contributed by atoms with van der Waals surface area (Å²) in [5.74, 6) is -0.853. The van der Waals surface area contributed by atoms with Gasteiger partial charge in [0.1, 0.15) is 0 Å². The molecule has 1 unspecified atom stereocenters. The Hall–Kier alpha value is -2.52. The molecule has 0 aliphatic carbocycles. The molecule has 1 saturated heterocycles. The zero-order valence-electron chi connectivity index (χ0n) is 15.8. The Balaban J connectivity index is 2.05.